The maximum atomic E-state index is 13.2. The molecule has 30 heavy (non-hydrogen) atoms. The largest absolute Gasteiger partial charge is 0.326 e. The molecule has 0 bridgehead atoms. The Morgan fingerprint density at radius 1 is 1.20 bits per heavy atom. The topological polar surface area (TPSA) is 86.1 Å². The van der Waals surface area contributed by atoms with Crippen LogP contribution in [0.4, 0.5) is 21.6 Å². The molecule has 0 radical (unpaired) electrons. The molecule has 2 aromatic carbocycles. The van der Waals surface area contributed by atoms with Crippen molar-refractivity contribution in [3.05, 3.63) is 82.8 Å². The highest BCUT2D eigenvalue weighted by Crippen LogP contribution is 2.26. The van der Waals surface area contributed by atoms with Gasteiger partial charge in [-0.2, -0.15) is 5.26 Å². The van der Waals surface area contributed by atoms with Crippen LogP contribution in [-0.4, -0.2) is 16.8 Å². The second kappa shape index (κ2) is 9.16. The lowest BCUT2D eigenvalue weighted by Gasteiger charge is -2.20. The Kier molecular flexibility index (Phi) is 6.40. The molecular weight excluding hydrogens is 407 g/mol. The van der Waals surface area contributed by atoms with Crippen LogP contribution in [0.2, 0.25) is 5.02 Å². The van der Waals surface area contributed by atoms with E-state index >= 15 is 0 Å². The molecule has 0 fully saturated rings. The van der Waals surface area contributed by atoms with Gasteiger partial charge in [-0.15, -0.1) is 0 Å². The summed E-state index contributed by atoms with van der Waals surface area (Å²) in [6, 6.07) is 15.4. The molecule has 0 spiro atoms. The molecule has 0 aliphatic rings. The second-order valence-corrected chi connectivity index (χ2v) is 6.74. The van der Waals surface area contributed by atoms with Crippen LogP contribution in [0.3, 0.4) is 0 Å². The van der Waals surface area contributed by atoms with E-state index in [2.05, 4.69) is 10.3 Å². The van der Waals surface area contributed by atoms with E-state index in [1.54, 1.807) is 24.3 Å². The Morgan fingerprint density at radius 2 is 1.93 bits per heavy atom. The molecule has 3 aromatic rings. The van der Waals surface area contributed by atoms with Crippen LogP contribution in [0.25, 0.3) is 0 Å². The van der Waals surface area contributed by atoms with Crippen molar-refractivity contribution < 1.29 is 14.0 Å². The molecule has 1 aromatic heterocycles. The van der Waals surface area contributed by atoms with Crippen molar-refractivity contribution in [3.63, 3.8) is 0 Å². The lowest BCUT2D eigenvalue weighted by Crippen LogP contribution is -2.24. The minimum atomic E-state index is -0.424. The van der Waals surface area contributed by atoms with Crippen molar-refractivity contribution in [1.29, 1.82) is 5.26 Å². The van der Waals surface area contributed by atoms with Crippen LogP contribution in [0.1, 0.15) is 18.1 Å². The predicted molar refractivity (Wildman–Crippen MR) is 112 cm³/mol. The fraction of sp³-hybridized carbons (Fsp3) is 0.0909. The molecule has 1 heterocycles. The van der Waals surface area contributed by atoms with Crippen molar-refractivity contribution in [3.8, 4) is 6.07 Å². The molecule has 8 heteroatoms. The van der Waals surface area contributed by atoms with Gasteiger partial charge in [0, 0.05) is 29.9 Å². The zero-order valence-corrected chi connectivity index (χ0v) is 16.7. The Morgan fingerprint density at radius 3 is 2.60 bits per heavy atom. The number of benzene rings is 2. The fourth-order valence-electron chi connectivity index (χ4n) is 2.89. The van der Waals surface area contributed by atoms with Crippen LogP contribution in [0.5, 0.6) is 0 Å². The van der Waals surface area contributed by atoms with E-state index in [-0.39, 0.29) is 24.1 Å². The minimum Gasteiger partial charge on any atom is -0.326 e. The summed E-state index contributed by atoms with van der Waals surface area (Å²) < 4.78 is 13.2. The first-order valence-electron chi connectivity index (χ1n) is 8.88. The predicted octanol–water partition coefficient (Wildman–Crippen LogP) is 4.61. The van der Waals surface area contributed by atoms with Crippen molar-refractivity contribution >= 4 is 40.6 Å². The van der Waals surface area contributed by atoms with Gasteiger partial charge in [0.25, 0.3) is 0 Å². The van der Waals surface area contributed by atoms with Gasteiger partial charge < -0.3 is 5.32 Å². The monoisotopic (exact) mass is 422 g/mol. The van der Waals surface area contributed by atoms with Crippen molar-refractivity contribution in [1.82, 2.24) is 4.98 Å². The average molecular weight is 423 g/mol. The molecular formula is C22H16ClFN4O2. The second-order valence-electron chi connectivity index (χ2n) is 6.34. The number of nitrogens with one attached hydrogen (secondary N) is 1. The summed E-state index contributed by atoms with van der Waals surface area (Å²) in [5.41, 5.74) is 1.61. The summed E-state index contributed by atoms with van der Waals surface area (Å²) in [6.07, 6.45) is 1.36. The first-order valence-corrected chi connectivity index (χ1v) is 9.26. The van der Waals surface area contributed by atoms with Crippen LogP contribution < -0.4 is 10.2 Å². The van der Waals surface area contributed by atoms with Gasteiger partial charge in [-0.1, -0.05) is 17.7 Å². The van der Waals surface area contributed by atoms with E-state index in [4.69, 9.17) is 11.6 Å². The lowest BCUT2D eigenvalue weighted by molar-refractivity contribution is -0.116. The number of halogens is 2. The SMILES string of the molecule is CC(=O)N(c1ccc(F)cc1)c1cc(NC(=O)Cc2c(Cl)cccc2C#N)ccn1. The zero-order chi connectivity index (χ0) is 21.7. The van der Waals surface area contributed by atoms with Crippen LogP contribution >= 0.6 is 11.6 Å². The average Bonchev–Trinajstić information content (AvgIpc) is 2.71. The summed E-state index contributed by atoms with van der Waals surface area (Å²) in [5.74, 6) is -0.866. The van der Waals surface area contributed by atoms with Gasteiger partial charge in [-0.3, -0.25) is 14.5 Å². The number of nitrogens with zero attached hydrogens (tertiary/aromatic N) is 3. The standard InChI is InChI=1S/C22H16ClFN4O2/c1-14(29)28(18-7-5-16(24)6-8-18)21-11-17(9-10-26-21)27-22(30)12-19-15(13-25)3-2-4-20(19)23/h2-11H,12H2,1H3,(H,26,27,30). The smallest absolute Gasteiger partial charge is 0.229 e. The third-order valence-corrected chi connectivity index (χ3v) is 4.59. The molecule has 0 saturated carbocycles. The number of rotatable bonds is 5. The third kappa shape index (κ3) is 4.80. The molecule has 150 valence electrons. The highest BCUT2D eigenvalue weighted by Gasteiger charge is 2.17. The molecule has 0 saturated heterocycles. The molecule has 0 aliphatic carbocycles. The van der Waals surface area contributed by atoms with E-state index in [0.29, 0.717) is 27.5 Å². The normalized spacial score (nSPS) is 10.2. The van der Waals surface area contributed by atoms with Crippen LogP contribution in [-0.2, 0) is 16.0 Å². The summed E-state index contributed by atoms with van der Waals surface area (Å²) in [7, 11) is 0. The third-order valence-electron chi connectivity index (χ3n) is 4.23. The van der Waals surface area contributed by atoms with E-state index in [9.17, 15) is 19.2 Å². The first-order chi connectivity index (χ1) is 14.4. The molecule has 0 unspecified atom stereocenters. The maximum Gasteiger partial charge on any atom is 0.229 e. The van der Waals surface area contributed by atoms with Crippen LogP contribution in [0, 0.1) is 17.1 Å². The van der Waals surface area contributed by atoms with E-state index in [0.717, 1.165) is 0 Å². The quantitative estimate of drug-likeness (QED) is 0.650. The van der Waals surface area contributed by atoms with Gasteiger partial charge >= 0.3 is 0 Å². The highest BCUT2D eigenvalue weighted by molar-refractivity contribution is 6.31. The highest BCUT2D eigenvalue weighted by atomic mass is 35.5. The number of nitriles is 1. The van der Waals surface area contributed by atoms with Crippen molar-refractivity contribution in [2.24, 2.45) is 0 Å². The maximum absolute atomic E-state index is 13.2. The molecule has 0 aliphatic heterocycles. The number of amides is 2. The summed E-state index contributed by atoms with van der Waals surface area (Å²) >= 11 is 6.12. The summed E-state index contributed by atoms with van der Waals surface area (Å²) in [5, 5.41) is 12.3. The van der Waals surface area contributed by atoms with Gasteiger partial charge in [0.15, 0.2) is 0 Å². The number of hydrogen-bond acceptors (Lipinski definition) is 4. The minimum absolute atomic E-state index is 0.0887. The van der Waals surface area contributed by atoms with Gasteiger partial charge in [-0.25, -0.2) is 9.37 Å². The number of anilines is 3. The van der Waals surface area contributed by atoms with Gasteiger partial charge in [0.1, 0.15) is 11.6 Å². The van der Waals surface area contributed by atoms with E-state index in [1.165, 1.54) is 48.4 Å². The van der Waals surface area contributed by atoms with Crippen LogP contribution in [0.15, 0.2) is 60.8 Å². The van der Waals surface area contributed by atoms with Gasteiger partial charge in [0.05, 0.1) is 23.7 Å². The molecule has 2 amide bonds. The number of pyridine rings is 1. The first kappa shape index (κ1) is 21.0. The number of carbonyl (C=O) groups excluding carboxylic acids is 2. The van der Waals surface area contributed by atoms with E-state index in [1.807, 2.05) is 6.07 Å². The lowest BCUT2D eigenvalue weighted by atomic mass is 10.1. The zero-order valence-electron chi connectivity index (χ0n) is 15.9. The van der Waals surface area contributed by atoms with Gasteiger partial charge in [-0.05, 0) is 48.0 Å². The van der Waals surface area contributed by atoms with Crippen molar-refractivity contribution in [2.45, 2.75) is 13.3 Å². The Bertz CT molecular complexity index is 1140. The summed E-state index contributed by atoms with van der Waals surface area (Å²) in [6.45, 7) is 1.36. The van der Waals surface area contributed by atoms with Gasteiger partial charge in [0.2, 0.25) is 11.8 Å². The van der Waals surface area contributed by atoms with E-state index < -0.39 is 5.82 Å². The number of hydrogen-bond donors (Lipinski definition) is 1. The summed E-state index contributed by atoms with van der Waals surface area (Å²) in [4.78, 5) is 30.2. The molecule has 3 rings (SSSR count). The Balaban J connectivity index is 1.83. The Labute approximate surface area is 177 Å². The molecule has 1 N–H and O–H groups in total. The van der Waals surface area contributed by atoms with Crippen molar-refractivity contribution in [2.75, 3.05) is 10.2 Å². The fourth-order valence-corrected chi connectivity index (χ4v) is 3.13. The Hall–Kier alpha value is -3.76. The number of carbonyl (C=O) groups is 2. The molecule has 6 nitrogen and oxygen atoms in total. The number of aromatic nitrogens is 1. The molecule has 0 atom stereocenters.